The van der Waals surface area contributed by atoms with E-state index in [1.54, 1.807) is 54.6 Å². The summed E-state index contributed by atoms with van der Waals surface area (Å²) in [5.74, 6) is -1.54. The van der Waals surface area contributed by atoms with Gasteiger partial charge in [-0.2, -0.15) is 0 Å². The number of thiocarbonyl (C=S) groups is 1. The van der Waals surface area contributed by atoms with Crippen LogP contribution in [0.1, 0.15) is 21.5 Å². The second-order valence-electron chi connectivity index (χ2n) is 7.41. The lowest BCUT2D eigenvalue weighted by atomic mass is 10.1. The van der Waals surface area contributed by atoms with E-state index in [2.05, 4.69) is 37.2 Å². The summed E-state index contributed by atoms with van der Waals surface area (Å²) in [4.78, 5) is 37.9. The summed E-state index contributed by atoms with van der Waals surface area (Å²) >= 11 is 12.0. The molecule has 0 unspecified atom stereocenters. The van der Waals surface area contributed by atoms with E-state index in [9.17, 15) is 14.4 Å². The molecule has 35 heavy (non-hydrogen) atoms. The van der Waals surface area contributed by atoms with Crippen LogP contribution in [-0.4, -0.2) is 28.0 Å². The molecular formula is C25H16Br2N2O5S. The van der Waals surface area contributed by atoms with Crippen LogP contribution in [0.4, 0.5) is 5.69 Å². The molecular weight excluding hydrogens is 600 g/mol. The third-order valence-electron chi connectivity index (χ3n) is 5.05. The topological polar surface area (TPSA) is 95.9 Å². The van der Waals surface area contributed by atoms with Crippen LogP contribution in [0.25, 0.3) is 6.08 Å². The van der Waals surface area contributed by atoms with Crippen LogP contribution in [0.2, 0.25) is 0 Å². The lowest BCUT2D eigenvalue weighted by molar-refractivity contribution is -0.122. The zero-order valence-electron chi connectivity index (χ0n) is 17.8. The van der Waals surface area contributed by atoms with Crippen LogP contribution in [0.3, 0.4) is 0 Å². The van der Waals surface area contributed by atoms with Crippen molar-refractivity contribution in [3.05, 3.63) is 97.9 Å². The molecule has 0 saturated carbocycles. The summed E-state index contributed by atoms with van der Waals surface area (Å²) in [6.07, 6.45) is 1.49. The number of carbonyl (C=O) groups is 3. The average molecular weight is 616 g/mol. The third-order valence-corrected chi connectivity index (χ3v) is 6.48. The van der Waals surface area contributed by atoms with Crippen LogP contribution in [0.5, 0.6) is 5.75 Å². The van der Waals surface area contributed by atoms with Gasteiger partial charge in [-0.3, -0.25) is 19.8 Å². The molecule has 3 aromatic carbocycles. The molecule has 1 heterocycles. The number of carbonyl (C=O) groups excluding carboxylic acids is 2. The number of anilines is 1. The molecule has 2 amide bonds. The van der Waals surface area contributed by atoms with Crippen molar-refractivity contribution < 1.29 is 24.2 Å². The number of hydrogen-bond donors (Lipinski definition) is 2. The van der Waals surface area contributed by atoms with Gasteiger partial charge < -0.3 is 9.84 Å². The minimum atomic E-state index is -0.989. The van der Waals surface area contributed by atoms with Gasteiger partial charge in [-0.25, -0.2) is 4.79 Å². The zero-order valence-corrected chi connectivity index (χ0v) is 21.8. The Balaban J connectivity index is 1.52. The van der Waals surface area contributed by atoms with Crippen LogP contribution < -0.4 is 15.0 Å². The number of benzene rings is 3. The van der Waals surface area contributed by atoms with Gasteiger partial charge in [0, 0.05) is 4.47 Å². The van der Waals surface area contributed by atoms with Gasteiger partial charge in [-0.05, 0) is 93.9 Å². The van der Waals surface area contributed by atoms with Gasteiger partial charge in [-0.15, -0.1) is 0 Å². The van der Waals surface area contributed by atoms with Crippen LogP contribution in [0.15, 0.2) is 81.2 Å². The summed E-state index contributed by atoms with van der Waals surface area (Å²) < 4.78 is 7.29. The first kappa shape index (κ1) is 24.8. The molecule has 0 radical (unpaired) electrons. The SMILES string of the molecule is O=C1NC(=S)N(c2ccc(Br)cc2)C(=O)/C1=C/c1ccc(OCc2ccc(C(=O)O)cc2)c(Br)c1. The molecule has 10 heteroatoms. The molecule has 1 fully saturated rings. The van der Waals surface area contributed by atoms with Gasteiger partial charge in [0.2, 0.25) is 0 Å². The fraction of sp³-hybridized carbons (Fsp3) is 0.0400. The van der Waals surface area contributed by atoms with Crippen molar-refractivity contribution in [1.82, 2.24) is 5.32 Å². The number of carboxylic acid groups (broad SMARTS) is 1. The highest BCUT2D eigenvalue weighted by Crippen LogP contribution is 2.29. The van der Waals surface area contributed by atoms with E-state index in [1.165, 1.54) is 23.1 Å². The molecule has 1 aliphatic rings. The Morgan fingerprint density at radius 3 is 2.34 bits per heavy atom. The number of hydrogen-bond acceptors (Lipinski definition) is 5. The summed E-state index contributed by atoms with van der Waals surface area (Å²) in [5, 5.41) is 11.6. The van der Waals surface area contributed by atoms with E-state index < -0.39 is 17.8 Å². The number of aromatic carboxylic acids is 1. The molecule has 1 saturated heterocycles. The van der Waals surface area contributed by atoms with Crippen molar-refractivity contribution in [3.63, 3.8) is 0 Å². The highest BCUT2D eigenvalue weighted by molar-refractivity contribution is 9.10. The van der Waals surface area contributed by atoms with E-state index in [1.807, 2.05) is 0 Å². The maximum atomic E-state index is 13.1. The van der Waals surface area contributed by atoms with Gasteiger partial charge in [-0.1, -0.05) is 34.1 Å². The van der Waals surface area contributed by atoms with Crippen LogP contribution >= 0.6 is 44.1 Å². The highest BCUT2D eigenvalue weighted by Gasteiger charge is 2.34. The molecule has 176 valence electrons. The minimum Gasteiger partial charge on any atom is -0.488 e. The molecule has 7 nitrogen and oxygen atoms in total. The summed E-state index contributed by atoms with van der Waals surface area (Å²) in [6.45, 7) is 0.236. The van der Waals surface area contributed by atoms with Crippen molar-refractivity contribution in [2.75, 3.05) is 4.90 Å². The first-order valence-corrected chi connectivity index (χ1v) is 12.1. The van der Waals surface area contributed by atoms with Crippen molar-refractivity contribution in [2.45, 2.75) is 6.61 Å². The maximum absolute atomic E-state index is 13.1. The Morgan fingerprint density at radius 2 is 1.71 bits per heavy atom. The molecule has 3 aromatic rings. The van der Waals surface area contributed by atoms with Crippen molar-refractivity contribution in [3.8, 4) is 5.75 Å². The fourth-order valence-corrected chi connectivity index (χ4v) is 4.33. The van der Waals surface area contributed by atoms with Crippen LogP contribution in [0, 0.1) is 0 Å². The number of halogens is 2. The summed E-state index contributed by atoms with van der Waals surface area (Å²) in [5.41, 5.74) is 2.10. The smallest absolute Gasteiger partial charge is 0.335 e. The Kier molecular flexibility index (Phi) is 7.44. The number of nitrogens with one attached hydrogen (secondary N) is 1. The fourth-order valence-electron chi connectivity index (χ4n) is 3.28. The van der Waals surface area contributed by atoms with Crippen molar-refractivity contribution in [2.24, 2.45) is 0 Å². The highest BCUT2D eigenvalue weighted by atomic mass is 79.9. The van der Waals surface area contributed by atoms with Crippen molar-refractivity contribution >= 4 is 78.7 Å². The molecule has 1 aliphatic heterocycles. The molecule has 0 aliphatic carbocycles. The number of rotatable bonds is 6. The second-order valence-corrected chi connectivity index (χ2v) is 9.57. The second kappa shape index (κ2) is 10.5. The van der Waals surface area contributed by atoms with Gasteiger partial charge in [0.05, 0.1) is 15.7 Å². The monoisotopic (exact) mass is 614 g/mol. The normalized spacial score (nSPS) is 14.7. The van der Waals surface area contributed by atoms with Crippen molar-refractivity contribution in [1.29, 1.82) is 0 Å². The van der Waals surface area contributed by atoms with E-state index in [4.69, 9.17) is 22.1 Å². The summed E-state index contributed by atoms with van der Waals surface area (Å²) in [7, 11) is 0. The van der Waals surface area contributed by atoms with E-state index >= 15 is 0 Å². The molecule has 4 rings (SSSR count). The predicted octanol–water partition coefficient (Wildman–Crippen LogP) is 5.32. The molecule has 0 bridgehead atoms. The standard InChI is InChI=1S/C25H16Br2N2O5S/c26-17-6-8-18(9-7-17)29-23(31)19(22(30)28-25(29)35)11-15-3-10-21(20(27)12-15)34-13-14-1-4-16(5-2-14)24(32)33/h1-12H,13H2,(H,32,33)(H,28,30,35)/b19-11+. The molecule has 0 aromatic heterocycles. The first-order chi connectivity index (χ1) is 16.7. The van der Waals surface area contributed by atoms with E-state index in [0.717, 1.165) is 10.0 Å². The van der Waals surface area contributed by atoms with Gasteiger partial charge in [0.15, 0.2) is 5.11 Å². The maximum Gasteiger partial charge on any atom is 0.335 e. The minimum absolute atomic E-state index is 0.0146. The average Bonchev–Trinajstić information content (AvgIpc) is 2.82. The van der Waals surface area contributed by atoms with Crippen LogP contribution in [-0.2, 0) is 16.2 Å². The third kappa shape index (κ3) is 5.67. The lowest BCUT2D eigenvalue weighted by Crippen LogP contribution is -2.54. The number of ether oxygens (including phenoxy) is 1. The van der Waals surface area contributed by atoms with E-state index in [0.29, 0.717) is 21.5 Å². The van der Waals surface area contributed by atoms with E-state index in [-0.39, 0.29) is 22.9 Å². The lowest BCUT2D eigenvalue weighted by Gasteiger charge is -2.29. The number of nitrogens with zero attached hydrogens (tertiary/aromatic N) is 1. The largest absolute Gasteiger partial charge is 0.488 e. The molecule has 2 N–H and O–H groups in total. The van der Waals surface area contributed by atoms with Gasteiger partial charge >= 0.3 is 5.97 Å². The Bertz CT molecular complexity index is 1370. The van der Waals surface area contributed by atoms with Gasteiger partial charge in [0.1, 0.15) is 17.9 Å². The Hall–Kier alpha value is -3.34. The Morgan fingerprint density at radius 1 is 1.03 bits per heavy atom. The number of amides is 2. The predicted molar refractivity (Wildman–Crippen MR) is 142 cm³/mol. The van der Waals surface area contributed by atoms with Gasteiger partial charge in [0.25, 0.3) is 11.8 Å². The zero-order chi connectivity index (χ0) is 25.1. The molecule has 0 spiro atoms. The quantitative estimate of drug-likeness (QED) is 0.221. The summed E-state index contributed by atoms with van der Waals surface area (Å²) in [6, 6.07) is 18.6. The first-order valence-electron chi connectivity index (χ1n) is 10.1. The molecule has 0 atom stereocenters. The number of carboxylic acids is 1. The Labute approximate surface area is 222 Å².